The van der Waals surface area contributed by atoms with Crippen molar-refractivity contribution in [1.82, 2.24) is 4.90 Å². The van der Waals surface area contributed by atoms with Crippen molar-refractivity contribution in [2.45, 2.75) is 52.9 Å². The van der Waals surface area contributed by atoms with Crippen molar-refractivity contribution in [3.63, 3.8) is 0 Å². The van der Waals surface area contributed by atoms with Crippen LogP contribution in [0.2, 0.25) is 5.02 Å². The van der Waals surface area contributed by atoms with E-state index in [9.17, 15) is 0 Å². The predicted octanol–water partition coefficient (Wildman–Crippen LogP) is 5.24. The van der Waals surface area contributed by atoms with E-state index in [2.05, 4.69) is 18.7 Å². The molecule has 3 heteroatoms. The minimum atomic E-state index is 0.805. The fraction of sp³-hybridized carbons (Fsp3) is 0.684. The molecule has 1 aromatic rings. The van der Waals surface area contributed by atoms with Gasteiger partial charge >= 0.3 is 0 Å². The Kier molecular flexibility index (Phi) is 7.04. The first-order valence-electron chi connectivity index (χ1n) is 8.68. The van der Waals surface area contributed by atoms with Gasteiger partial charge in [-0.15, -0.1) is 0 Å². The average Bonchev–Trinajstić information content (AvgIpc) is 2.52. The van der Waals surface area contributed by atoms with Crippen molar-refractivity contribution < 1.29 is 4.74 Å². The Morgan fingerprint density at radius 3 is 2.55 bits per heavy atom. The summed E-state index contributed by atoms with van der Waals surface area (Å²) >= 11 is 6.11. The quantitative estimate of drug-likeness (QED) is 0.636. The summed E-state index contributed by atoms with van der Waals surface area (Å²) in [4.78, 5) is 2.62. The standard InChI is InChI=1S/C19H30ClNO/c1-15-9-12-21(13-10-15)11-5-4-6-14-22-19-8-7-18(20)16(2)17(19)3/h7-8,15H,4-6,9-14H2,1-3H3. The molecule has 2 nitrogen and oxygen atoms in total. The molecule has 1 saturated heterocycles. The second kappa shape index (κ2) is 8.79. The first kappa shape index (κ1) is 17.6. The van der Waals surface area contributed by atoms with Gasteiger partial charge in [-0.2, -0.15) is 0 Å². The van der Waals surface area contributed by atoms with Gasteiger partial charge in [0.05, 0.1) is 6.61 Å². The van der Waals surface area contributed by atoms with Crippen LogP contribution in [0.1, 0.15) is 50.2 Å². The molecular weight excluding hydrogens is 294 g/mol. The minimum Gasteiger partial charge on any atom is -0.493 e. The summed E-state index contributed by atoms with van der Waals surface area (Å²) in [6.07, 6.45) is 6.41. The highest BCUT2D eigenvalue weighted by atomic mass is 35.5. The molecule has 0 aliphatic carbocycles. The Balaban J connectivity index is 1.59. The van der Waals surface area contributed by atoms with Crippen molar-refractivity contribution in [2.24, 2.45) is 5.92 Å². The van der Waals surface area contributed by atoms with Gasteiger partial charge in [0.15, 0.2) is 0 Å². The summed E-state index contributed by atoms with van der Waals surface area (Å²) in [5, 5.41) is 0.820. The molecule has 0 bridgehead atoms. The maximum atomic E-state index is 6.11. The zero-order chi connectivity index (χ0) is 15.9. The van der Waals surface area contributed by atoms with Crippen molar-refractivity contribution in [3.8, 4) is 5.75 Å². The molecule has 0 N–H and O–H groups in total. The number of piperidine rings is 1. The minimum absolute atomic E-state index is 0.805. The van der Waals surface area contributed by atoms with Gasteiger partial charge in [-0.3, -0.25) is 0 Å². The van der Waals surface area contributed by atoms with E-state index in [0.29, 0.717) is 0 Å². The fourth-order valence-corrected chi connectivity index (χ4v) is 3.21. The van der Waals surface area contributed by atoms with Gasteiger partial charge in [0.25, 0.3) is 0 Å². The Labute approximate surface area is 140 Å². The summed E-state index contributed by atoms with van der Waals surface area (Å²) in [5.74, 6) is 1.91. The molecule has 0 amide bonds. The number of halogens is 1. The summed E-state index contributed by atoms with van der Waals surface area (Å²) in [6, 6.07) is 3.91. The number of hydrogen-bond acceptors (Lipinski definition) is 2. The van der Waals surface area contributed by atoms with Crippen LogP contribution in [-0.4, -0.2) is 31.1 Å². The largest absolute Gasteiger partial charge is 0.493 e. The lowest BCUT2D eigenvalue weighted by Crippen LogP contribution is -2.33. The molecular formula is C19H30ClNO. The van der Waals surface area contributed by atoms with Gasteiger partial charge in [-0.1, -0.05) is 18.5 Å². The average molecular weight is 324 g/mol. The number of hydrogen-bond donors (Lipinski definition) is 0. The van der Waals surface area contributed by atoms with Crippen LogP contribution in [0.15, 0.2) is 12.1 Å². The van der Waals surface area contributed by atoms with E-state index in [1.165, 1.54) is 45.3 Å². The molecule has 2 rings (SSSR count). The molecule has 0 aromatic heterocycles. The van der Waals surface area contributed by atoms with E-state index in [-0.39, 0.29) is 0 Å². The van der Waals surface area contributed by atoms with Crippen molar-refractivity contribution in [3.05, 3.63) is 28.3 Å². The monoisotopic (exact) mass is 323 g/mol. The number of likely N-dealkylation sites (tertiary alicyclic amines) is 1. The number of benzene rings is 1. The first-order valence-corrected chi connectivity index (χ1v) is 9.06. The highest BCUT2D eigenvalue weighted by Crippen LogP contribution is 2.27. The summed E-state index contributed by atoms with van der Waals surface area (Å²) < 4.78 is 5.91. The van der Waals surface area contributed by atoms with Gasteiger partial charge in [0.1, 0.15) is 5.75 Å². The summed E-state index contributed by atoms with van der Waals surface area (Å²) in [7, 11) is 0. The lowest BCUT2D eigenvalue weighted by molar-refractivity contribution is 0.187. The topological polar surface area (TPSA) is 12.5 Å². The molecule has 1 aliphatic heterocycles. The van der Waals surface area contributed by atoms with E-state index in [4.69, 9.17) is 16.3 Å². The van der Waals surface area contributed by atoms with Crippen LogP contribution < -0.4 is 4.74 Å². The molecule has 0 saturated carbocycles. The van der Waals surface area contributed by atoms with Gasteiger partial charge < -0.3 is 9.64 Å². The van der Waals surface area contributed by atoms with Crippen molar-refractivity contribution in [2.75, 3.05) is 26.2 Å². The van der Waals surface area contributed by atoms with Crippen LogP contribution in [0, 0.1) is 19.8 Å². The van der Waals surface area contributed by atoms with E-state index >= 15 is 0 Å². The number of rotatable bonds is 7. The molecule has 0 spiro atoms. The highest BCUT2D eigenvalue weighted by Gasteiger charge is 2.14. The molecule has 0 radical (unpaired) electrons. The third-order valence-electron chi connectivity index (χ3n) is 4.92. The third kappa shape index (κ3) is 5.17. The predicted molar refractivity (Wildman–Crippen MR) is 95.1 cm³/mol. The maximum Gasteiger partial charge on any atom is 0.122 e. The van der Waals surface area contributed by atoms with Crippen LogP contribution in [0.25, 0.3) is 0 Å². The van der Waals surface area contributed by atoms with Crippen LogP contribution >= 0.6 is 11.6 Å². The first-order chi connectivity index (χ1) is 10.6. The Morgan fingerprint density at radius 2 is 1.82 bits per heavy atom. The zero-order valence-corrected chi connectivity index (χ0v) is 15.1. The Bertz CT molecular complexity index is 467. The Hall–Kier alpha value is -0.730. The van der Waals surface area contributed by atoms with Crippen LogP contribution in [0.3, 0.4) is 0 Å². The van der Waals surface area contributed by atoms with Crippen molar-refractivity contribution in [1.29, 1.82) is 0 Å². The van der Waals surface area contributed by atoms with Crippen molar-refractivity contribution >= 4 is 11.6 Å². The molecule has 1 fully saturated rings. The lowest BCUT2D eigenvalue weighted by Gasteiger charge is -2.30. The Morgan fingerprint density at radius 1 is 1.09 bits per heavy atom. The molecule has 0 unspecified atom stereocenters. The molecule has 1 aliphatic rings. The number of nitrogens with zero attached hydrogens (tertiary/aromatic N) is 1. The molecule has 0 atom stereocenters. The van der Waals surface area contributed by atoms with Gasteiger partial charge in [0.2, 0.25) is 0 Å². The van der Waals surface area contributed by atoms with E-state index < -0.39 is 0 Å². The van der Waals surface area contributed by atoms with Crippen LogP contribution in [0.5, 0.6) is 5.75 Å². The van der Waals surface area contributed by atoms with E-state index in [1.807, 2.05) is 19.1 Å². The van der Waals surface area contributed by atoms with E-state index in [0.717, 1.165) is 40.8 Å². The van der Waals surface area contributed by atoms with Crippen LogP contribution in [0.4, 0.5) is 0 Å². The fourth-order valence-electron chi connectivity index (χ4n) is 3.00. The second-order valence-electron chi connectivity index (χ2n) is 6.73. The molecule has 1 heterocycles. The van der Waals surface area contributed by atoms with Gasteiger partial charge in [0, 0.05) is 5.02 Å². The summed E-state index contributed by atoms with van der Waals surface area (Å²) in [5.41, 5.74) is 2.29. The highest BCUT2D eigenvalue weighted by molar-refractivity contribution is 6.31. The summed E-state index contributed by atoms with van der Waals surface area (Å²) in [6.45, 7) is 11.1. The lowest BCUT2D eigenvalue weighted by atomic mass is 9.99. The third-order valence-corrected chi connectivity index (χ3v) is 5.33. The number of ether oxygens (including phenoxy) is 1. The SMILES string of the molecule is Cc1c(Cl)ccc(OCCCCCN2CCC(C)CC2)c1C. The molecule has 124 valence electrons. The van der Waals surface area contributed by atoms with Gasteiger partial charge in [-0.25, -0.2) is 0 Å². The zero-order valence-electron chi connectivity index (χ0n) is 14.3. The maximum absolute atomic E-state index is 6.11. The van der Waals surface area contributed by atoms with Gasteiger partial charge in [-0.05, 0) is 94.8 Å². The number of unbranched alkanes of at least 4 members (excludes halogenated alkanes) is 2. The normalized spacial score (nSPS) is 16.9. The van der Waals surface area contributed by atoms with Crippen LogP contribution in [-0.2, 0) is 0 Å². The molecule has 22 heavy (non-hydrogen) atoms. The second-order valence-corrected chi connectivity index (χ2v) is 7.14. The smallest absolute Gasteiger partial charge is 0.122 e. The molecule has 1 aromatic carbocycles. The van der Waals surface area contributed by atoms with E-state index in [1.54, 1.807) is 0 Å².